The Morgan fingerprint density at radius 1 is 1.27 bits per heavy atom. The number of carbonyl (C=O) groups is 1. The molecule has 2 aromatic carbocycles. The average Bonchev–Trinajstić information content (AvgIpc) is 2.66. The van der Waals surface area contributed by atoms with E-state index in [1.807, 2.05) is 12.1 Å². The van der Waals surface area contributed by atoms with E-state index in [1.165, 1.54) is 30.4 Å². The molecular formula is C19H21N3O4. The van der Waals surface area contributed by atoms with Gasteiger partial charge in [-0.2, -0.15) is 0 Å². The molecule has 0 radical (unpaired) electrons. The molecule has 1 aliphatic heterocycles. The number of methoxy groups -OCH3 is 1. The van der Waals surface area contributed by atoms with Crippen molar-refractivity contribution in [2.75, 3.05) is 25.5 Å². The van der Waals surface area contributed by atoms with Crippen LogP contribution in [0.25, 0.3) is 0 Å². The minimum absolute atomic E-state index is 0.176. The summed E-state index contributed by atoms with van der Waals surface area (Å²) in [4.78, 5) is 25.1. The summed E-state index contributed by atoms with van der Waals surface area (Å²) in [6.07, 6.45) is 1.26. The number of carbonyl (C=O) groups excluding carboxylic acids is 1. The zero-order chi connectivity index (χ0) is 18.5. The molecule has 1 heterocycles. The fourth-order valence-corrected chi connectivity index (χ4v) is 3.11. The van der Waals surface area contributed by atoms with Gasteiger partial charge in [-0.1, -0.05) is 24.3 Å². The van der Waals surface area contributed by atoms with Gasteiger partial charge in [-0.05, 0) is 29.7 Å². The van der Waals surface area contributed by atoms with Gasteiger partial charge in [-0.25, -0.2) is 0 Å². The van der Waals surface area contributed by atoms with Crippen molar-refractivity contribution in [1.29, 1.82) is 0 Å². The van der Waals surface area contributed by atoms with Crippen molar-refractivity contribution in [3.05, 3.63) is 63.7 Å². The summed E-state index contributed by atoms with van der Waals surface area (Å²) in [6.45, 7) is 2.35. The number of ether oxygens (including phenoxy) is 1. The number of anilines is 1. The number of fused-ring (bicyclic) bond motifs is 1. The van der Waals surface area contributed by atoms with Crippen LogP contribution in [0, 0.1) is 10.1 Å². The molecule has 0 saturated carbocycles. The van der Waals surface area contributed by atoms with E-state index in [1.54, 1.807) is 6.07 Å². The zero-order valence-corrected chi connectivity index (χ0v) is 14.6. The van der Waals surface area contributed by atoms with Crippen LogP contribution in [-0.4, -0.2) is 35.9 Å². The van der Waals surface area contributed by atoms with Crippen LogP contribution in [0.4, 0.5) is 11.4 Å². The van der Waals surface area contributed by atoms with Gasteiger partial charge < -0.3 is 10.1 Å². The lowest BCUT2D eigenvalue weighted by atomic mass is 10.00. The maximum Gasteiger partial charge on any atom is 0.296 e. The molecule has 2 aromatic rings. The fourth-order valence-electron chi connectivity index (χ4n) is 3.11. The summed E-state index contributed by atoms with van der Waals surface area (Å²) in [5.74, 6) is 0.138. The summed E-state index contributed by atoms with van der Waals surface area (Å²) >= 11 is 0. The number of amides is 1. The second kappa shape index (κ2) is 7.97. The Kier molecular flexibility index (Phi) is 5.48. The molecule has 1 amide bonds. The van der Waals surface area contributed by atoms with E-state index < -0.39 is 4.92 Å². The molecule has 0 aromatic heterocycles. The third-order valence-corrected chi connectivity index (χ3v) is 4.54. The first-order valence-electron chi connectivity index (χ1n) is 8.48. The number of hydrogen-bond acceptors (Lipinski definition) is 5. The van der Waals surface area contributed by atoms with Gasteiger partial charge in [0.15, 0.2) is 0 Å². The van der Waals surface area contributed by atoms with Crippen LogP contribution in [-0.2, 0) is 17.8 Å². The first-order chi connectivity index (χ1) is 12.6. The SMILES string of the molecule is COc1ccc(NC(=O)CCN2CCc3ccccc3C2)c([N+](=O)[O-])c1. The number of nitro benzene ring substituents is 1. The minimum Gasteiger partial charge on any atom is -0.496 e. The van der Waals surface area contributed by atoms with Crippen LogP contribution in [0.3, 0.4) is 0 Å². The molecule has 0 saturated heterocycles. The molecule has 3 rings (SSSR count). The second-order valence-electron chi connectivity index (χ2n) is 6.23. The molecule has 0 fully saturated rings. The molecule has 26 heavy (non-hydrogen) atoms. The fraction of sp³-hybridized carbons (Fsp3) is 0.316. The van der Waals surface area contributed by atoms with Gasteiger partial charge in [0.2, 0.25) is 5.91 Å². The smallest absolute Gasteiger partial charge is 0.296 e. The zero-order valence-electron chi connectivity index (χ0n) is 14.6. The lowest BCUT2D eigenvalue weighted by molar-refractivity contribution is -0.384. The van der Waals surface area contributed by atoms with E-state index in [2.05, 4.69) is 22.3 Å². The second-order valence-corrected chi connectivity index (χ2v) is 6.23. The van der Waals surface area contributed by atoms with Crippen LogP contribution in [0.5, 0.6) is 5.75 Å². The predicted molar refractivity (Wildman–Crippen MR) is 98.3 cm³/mol. The molecular weight excluding hydrogens is 334 g/mol. The highest BCUT2D eigenvalue weighted by Gasteiger charge is 2.19. The van der Waals surface area contributed by atoms with Gasteiger partial charge >= 0.3 is 0 Å². The van der Waals surface area contributed by atoms with Gasteiger partial charge in [-0.15, -0.1) is 0 Å². The first-order valence-corrected chi connectivity index (χ1v) is 8.48. The van der Waals surface area contributed by atoms with Gasteiger partial charge in [0.1, 0.15) is 11.4 Å². The Hall–Kier alpha value is -2.93. The predicted octanol–water partition coefficient (Wildman–Crippen LogP) is 2.99. The first kappa shape index (κ1) is 17.9. The maximum atomic E-state index is 12.2. The molecule has 0 atom stereocenters. The monoisotopic (exact) mass is 355 g/mol. The third-order valence-electron chi connectivity index (χ3n) is 4.54. The van der Waals surface area contributed by atoms with Crippen molar-refractivity contribution in [2.45, 2.75) is 19.4 Å². The Labute approximate surface area is 151 Å². The molecule has 136 valence electrons. The van der Waals surface area contributed by atoms with Crippen LogP contribution in [0.1, 0.15) is 17.5 Å². The highest BCUT2D eigenvalue weighted by molar-refractivity contribution is 5.93. The van der Waals surface area contributed by atoms with Crippen molar-refractivity contribution in [1.82, 2.24) is 4.90 Å². The summed E-state index contributed by atoms with van der Waals surface area (Å²) in [6, 6.07) is 12.7. The molecule has 1 aliphatic rings. The van der Waals surface area contributed by atoms with Crippen LogP contribution in [0.15, 0.2) is 42.5 Å². The van der Waals surface area contributed by atoms with Crippen molar-refractivity contribution >= 4 is 17.3 Å². The average molecular weight is 355 g/mol. The Morgan fingerprint density at radius 3 is 2.77 bits per heavy atom. The quantitative estimate of drug-likeness (QED) is 0.636. The van der Waals surface area contributed by atoms with Crippen LogP contribution in [0.2, 0.25) is 0 Å². The highest BCUT2D eigenvalue weighted by atomic mass is 16.6. The van der Waals surface area contributed by atoms with E-state index in [4.69, 9.17) is 4.74 Å². The number of hydrogen-bond donors (Lipinski definition) is 1. The number of nitro groups is 1. The molecule has 0 bridgehead atoms. The third kappa shape index (κ3) is 4.18. The number of nitrogens with zero attached hydrogens (tertiary/aromatic N) is 2. The van der Waals surface area contributed by atoms with Gasteiger partial charge in [0.25, 0.3) is 5.69 Å². The molecule has 0 spiro atoms. The van der Waals surface area contributed by atoms with Crippen molar-refractivity contribution in [3.8, 4) is 5.75 Å². The van der Waals surface area contributed by atoms with E-state index in [0.717, 1.165) is 19.5 Å². The van der Waals surface area contributed by atoms with Crippen molar-refractivity contribution in [2.24, 2.45) is 0 Å². The van der Waals surface area contributed by atoms with Gasteiger partial charge in [0, 0.05) is 26.1 Å². The summed E-state index contributed by atoms with van der Waals surface area (Å²) in [7, 11) is 1.44. The minimum atomic E-state index is -0.528. The molecule has 0 aliphatic carbocycles. The lowest BCUT2D eigenvalue weighted by Crippen LogP contribution is -2.33. The topological polar surface area (TPSA) is 84.7 Å². The standard InChI is InChI=1S/C19H21N3O4/c1-26-16-6-7-17(18(12-16)22(24)25)20-19(23)9-11-21-10-8-14-4-2-3-5-15(14)13-21/h2-7,12H,8-11,13H2,1H3,(H,20,23). The van der Waals surface area contributed by atoms with E-state index in [-0.39, 0.29) is 23.7 Å². The largest absolute Gasteiger partial charge is 0.496 e. The van der Waals surface area contributed by atoms with Gasteiger partial charge in [-0.3, -0.25) is 19.8 Å². The van der Waals surface area contributed by atoms with Gasteiger partial charge in [0.05, 0.1) is 18.1 Å². The number of benzene rings is 2. The van der Waals surface area contributed by atoms with E-state index in [0.29, 0.717) is 12.3 Å². The maximum absolute atomic E-state index is 12.2. The molecule has 7 heteroatoms. The summed E-state index contributed by atoms with van der Waals surface area (Å²) in [5.41, 5.74) is 2.67. The summed E-state index contributed by atoms with van der Waals surface area (Å²) in [5, 5.41) is 13.8. The van der Waals surface area contributed by atoms with Crippen LogP contribution >= 0.6 is 0 Å². The Bertz CT molecular complexity index is 822. The highest BCUT2D eigenvalue weighted by Crippen LogP contribution is 2.29. The number of rotatable bonds is 6. The van der Waals surface area contributed by atoms with Crippen molar-refractivity contribution in [3.63, 3.8) is 0 Å². The summed E-state index contributed by atoms with van der Waals surface area (Å²) < 4.78 is 5.00. The van der Waals surface area contributed by atoms with Crippen molar-refractivity contribution < 1.29 is 14.5 Å². The number of nitrogens with one attached hydrogen (secondary N) is 1. The molecule has 0 unspecified atom stereocenters. The Balaban J connectivity index is 1.58. The Morgan fingerprint density at radius 2 is 2.04 bits per heavy atom. The van der Waals surface area contributed by atoms with E-state index in [9.17, 15) is 14.9 Å². The normalized spacial score (nSPS) is 13.7. The van der Waals surface area contributed by atoms with Crippen LogP contribution < -0.4 is 10.1 Å². The molecule has 7 nitrogen and oxygen atoms in total. The van der Waals surface area contributed by atoms with E-state index >= 15 is 0 Å². The lowest BCUT2D eigenvalue weighted by Gasteiger charge is -2.28. The molecule has 1 N–H and O–H groups in total.